The van der Waals surface area contributed by atoms with Gasteiger partial charge in [0.15, 0.2) is 0 Å². The molecule has 26 heavy (non-hydrogen) atoms. The first-order chi connectivity index (χ1) is 12.7. The topological polar surface area (TPSA) is 69.5 Å². The smallest absolute Gasteiger partial charge is 0.147 e. The van der Waals surface area contributed by atoms with E-state index in [4.69, 9.17) is 14.6 Å². The quantitative estimate of drug-likeness (QED) is 0.648. The van der Waals surface area contributed by atoms with Gasteiger partial charge in [-0.15, -0.1) is 11.3 Å². The van der Waals surface area contributed by atoms with Gasteiger partial charge in [-0.3, -0.25) is 4.98 Å². The number of rotatable bonds is 4. The molecule has 1 aliphatic rings. The van der Waals surface area contributed by atoms with Crippen molar-refractivity contribution >= 4 is 17.0 Å². The fourth-order valence-electron chi connectivity index (χ4n) is 2.56. The monoisotopic (exact) mass is 366 g/mol. The maximum atomic E-state index is 5.71. The molecule has 3 aromatic heterocycles. The molecule has 7 heteroatoms. The van der Waals surface area contributed by atoms with Crippen LogP contribution in [-0.4, -0.2) is 33.4 Å². The van der Waals surface area contributed by atoms with Crippen LogP contribution in [-0.2, 0) is 4.84 Å². The third kappa shape index (κ3) is 3.43. The number of nitrogens with zero attached hydrogens (tertiary/aromatic N) is 4. The lowest BCUT2D eigenvalue weighted by atomic mass is 10.1. The zero-order valence-electron chi connectivity index (χ0n) is 14.5. The number of hydrogen-bond donors (Lipinski definition) is 0. The summed E-state index contributed by atoms with van der Waals surface area (Å²) in [6.07, 6.45) is 6.11. The second-order valence-electron chi connectivity index (χ2n) is 6.11. The van der Waals surface area contributed by atoms with E-state index in [9.17, 15) is 0 Å². The SMILES string of the molecule is CC(C)O/N=C1\CCOc2ccc(-c3cnc(-c4cccnc4)s3)nc21. The van der Waals surface area contributed by atoms with Crippen molar-refractivity contribution < 1.29 is 9.57 Å². The number of thiazole rings is 1. The van der Waals surface area contributed by atoms with Gasteiger partial charge in [0, 0.05) is 30.6 Å². The Balaban J connectivity index is 1.68. The van der Waals surface area contributed by atoms with Crippen molar-refractivity contribution in [3.8, 4) is 26.9 Å². The predicted octanol–water partition coefficient (Wildman–Crippen LogP) is 4.18. The van der Waals surface area contributed by atoms with Gasteiger partial charge in [-0.25, -0.2) is 9.97 Å². The first-order valence-corrected chi connectivity index (χ1v) is 9.26. The van der Waals surface area contributed by atoms with Crippen LogP contribution in [0, 0.1) is 0 Å². The Kier molecular flexibility index (Phi) is 4.62. The van der Waals surface area contributed by atoms with Gasteiger partial charge < -0.3 is 9.57 Å². The molecule has 0 unspecified atom stereocenters. The summed E-state index contributed by atoms with van der Waals surface area (Å²) in [5.41, 5.74) is 3.40. The van der Waals surface area contributed by atoms with Crippen LogP contribution in [0.25, 0.3) is 21.1 Å². The Morgan fingerprint density at radius 3 is 2.96 bits per heavy atom. The van der Waals surface area contributed by atoms with E-state index in [2.05, 4.69) is 15.1 Å². The average Bonchev–Trinajstić information content (AvgIpc) is 3.17. The van der Waals surface area contributed by atoms with Gasteiger partial charge in [0.2, 0.25) is 0 Å². The third-order valence-corrected chi connectivity index (χ3v) is 4.84. The molecule has 4 heterocycles. The van der Waals surface area contributed by atoms with Crippen molar-refractivity contribution in [1.82, 2.24) is 15.0 Å². The number of aromatic nitrogens is 3. The van der Waals surface area contributed by atoms with E-state index in [1.54, 1.807) is 17.5 Å². The van der Waals surface area contributed by atoms with Crippen LogP contribution in [0.3, 0.4) is 0 Å². The highest BCUT2D eigenvalue weighted by molar-refractivity contribution is 7.18. The summed E-state index contributed by atoms with van der Waals surface area (Å²) in [5.74, 6) is 0.739. The number of pyridine rings is 2. The van der Waals surface area contributed by atoms with Gasteiger partial charge in [0.1, 0.15) is 28.3 Å². The lowest BCUT2D eigenvalue weighted by Crippen LogP contribution is -2.19. The van der Waals surface area contributed by atoms with E-state index in [1.165, 1.54) is 0 Å². The van der Waals surface area contributed by atoms with Gasteiger partial charge in [-0.05, 0) is 38.1 Å². The molecule has 132 valence electrons. The summed E-state index contributed by atoms with van der Waals surface area (Å²) in [6.45, 7) is 4.48. The summed E-state index contributed by atoms with van der Waals surface area (Å²) in [5, 5.41) is 5.18. The van der Waals surface area contributed by atoms with E-state index < -0.39 is 0 Å². The fourth-order valence-corrected chi connectivity index (χ4v) is 3.43. The minimum absolute atomic E-state index is 0.0283. The molecule has 0 saturated heterocycles. The molecular weight excluding hydrogens is 348 g/mol. The molecule has 0 spiro atoms. The van der Waals surface area contributed by atoms with Crippen LogP contribution in [0.15, 0.2) is 48.0 Å². The maximum absolute atomic E-state index is 5.71. The largest absolute Gasteiger partial charge is 0.491 e. The van der Waals surface area contributed by atoms with Crippen molar-refractivity contribution in [2.45, 2.75) is 26.4 Å². The van der Waals surface area contributed by atoms with Crippen LogP contribution in [0.4, 0.5) is 0 Å². The molecule has 0 aliphatic carbocycles. The molecule has 0 N–H and O–H groups in total. The van der Waals surface area contributed by atoms with Crippen LogP contribution in [0.1, 0.15) is 26.0 Å². The molecule has 0 radical (unpaired) electrons. The summed E-state index contributed by atoms with van der Waals surface area (Å²) >= 11 is 1.58. The molecule has 3 aromatic rings. The van der Waals surface area contributed by atoms with Gasteiger partial charge in [0.25, 0.3) is 0 Å². The molecule has 1 aliphatic heterocycles. The second-order valence-corrected chi connectivity index (χ2v) is 7.14. The van der Waals surface area contributed by atoms with Crippen molar-refractivity contribution in [3.05, 3.63) is 48.5 Å². The molecule has 0 atom stereocenters. The van der Waals surface area contributed by atoms with E-state index in [1.807, 2.05) is 50.5 Å². The van der Waals surface area contributed by atoms with Gasteiger partial charge in [0.05, 0.1) is 17.2 Å². The Morgan fingerprint density at radius 1 is 1.23 bits per heavy atom. The van der Waals surface area contributed by atoms with Gasteiger partial charge in [-0.1, -0.05) is 5.16 Å². The molecule has 0 amide bonds. The van der Waals surface area contributed by atoms with Crippen LogP contribution < -0.4 is 4.74 Å². The molecule has 0 saturated carbocycles. The second kappa shape index (κ2) is 7.21. The highest BCUT2D eigenvalue weighted by Crippen LogP contribution is 2.33. The lowest BCUT2D eigenvalue weighted by Gasteiger charge is -2.18. The van der Waals surface area contributed by atoms with Gasteiger partial charge >= 0.3 is 0 Å². The number of fused-ring (bicyclic) bond motifs is 1. The highest BCUT2D eigenvalue weighted by atomic mass is 32.1. The minimum atomic E-state index is 0.0283. The predicted molar refractivity (Wildman–Crippen MR) is 101 cm³/mol. The zero-order chi connectivity index (χ0) is 17.9. The third-order valence-electron chi connectivity index (χ3n) is 3.77. The summed E-state index contributed by atoms with van der Waals surface area (Å²) in [4.78, 5) is 19.8. The van der Waals surface area contributed by atoms with Crippen molar-refractivity contribution in [2.24, 2.45) is 5.16 Å². The number of hydrogen-bond acceptors (Lipinski definition) is 7. The van der Waals surface area contributed by atoms with E-state index in [0.29, 0.717) is 13.0 Å². The first kappa shape index (κ1) is 16.7. The maximum Gasteiger partial charge on any atom is 0.147 e. The lowest BCUT2D eigenvalue weighted by molar-refractivity contribution is 0.0849. The summed E-state index contributed by atoms with van der Waals surface area (Å²) < 4.78 is 5.71. The Morgan fingerprint density at radius 2 is 2.15 bits per heavy atom. The Labute approximate surface area is 155 Å². The van der Waals surface area contributed by atoms with E-state index in [-0.39, 0.29) is 6.10 Å². The Bertz CT molecular complexity index is 938. The molecule has 0 aromatic carbocycles. The first-order valence-electron chi connectivity index (χ1n) is 8.44. The average molecular weight is 366 g/mol. The van der Waals surface area contributed by atoms with Crippen LogP contribution in [0.5, 0.6) is 5.75 Å². The fraction of sp³-hybridized carbons (Fsp3) is 0.263. The standard InChI is InChI=1S/C19H18N4O2S/c1-12(2)25-23-15-7-9-24-16-6-5-14(22-18(15)16)17-11-21-19(26-17)13-4-3-8-20-10-13/h3-6,8,10-12H,7,9H2,1-2H3/b23-15+. The summed E-state index contributed by atoms with van der Waals surface area (Å²) in [6, 6.07) is 7.79. The van der Waals surface area contributed by atoms with Gasteiger partial charge in [-0.2, -0.15) is 0 Å². The molecule has 0 bridgehead atoms. The van der Waals surface area contributed by atoms with Crippen LogP contribution >= 0.6 is 11.3 Å². The molecular formula is C19H18N4O2S. The van der Waals surface area contributed by atoms with Crippen molar-refractivity contribution in [1.29, 1.82) is 0 Å². The molecule has 6 nitrogen and oxygen atoms in total. The molecule has 4 rings (SSSR count). The van der Waals surface area contributed by atoms with Crippen LogP contribution in [0.2, 0.25) is 0 Å². The van der Waals surface area contributed by atoms with Crippen molar-refractivity contribution in [2.75, 3.05) is 6.61 Å². The highest BCUT2D eigenvalue weighted by Gasteiger charge is 2.21. The minimum Gasteiger partial charge on any atom is -0.491 e. The normalized spacial score (nSPS) is 15.0. The number of oxime groups is 1. The van der Waals surface area contributed by atoms with E-state index >= 15 is 0 Å². The summed E-state index contributed by atoms with van der Waals surface area (Å²) in [7, 11) is 0. The molecule has 0 fully saturated rings. The Hall–Kier alpha value is -2.80. The van der Waals surface area contributed by atoms with Crippen molar-refractivity contribution in [3.63, 3.8) is 0 Å². The number of ether oxygens (including phenoxy) is 1. The van der Waals surface area contributed by atoms with E-state index in [0.717, 1.165) is 38.3 Å². The zero-order valence-corrected chi connectivity index (χ0v) is 15.4.